The molecule has 0 amide bonds. The summed E-state index contributed by atoms with van der Waals surface area (Å²) in [5, 5.41) is 13.5. The molecular formula is C15H11F4N5. The van der Waals surface area contributed by atoms with Gasteiger partial charge in [-0.1, -0.05) is 12.1 Å². The van der Waals surface area contributed by atoms with Gasteiger partial charge in [0.15, 0.2) is 11.5 Å². The predicted molar refractivity (Wildman–Crippen MR) is 78.6 cm³/mol. The molecule has 5 nitrogen and oxygen atoms in total. The first kappa shape index (κ1) is 15.9. The number of rotatable bonds is 3. The minimum Gasteiger partial charge on any atom is -0.336 e. The molecule has 0 saturated heterocycles. The first-order valence-electron chi connectivity index (χ1n) is 6.84. The van der Waals surface area contributed by atoms with E-state index in [0.29, 0.717) is 11.4 Å². The summed E-state index contributed by atoms with van der Waals surface area (Å²) in [6.07, 6.45) is -3.11. The minimum absolute atomic E-state index is 0.124. The zero-order chi connectivity index (χ0) is 17.3. The molecule has 0 radical (unpaired) electrons. The number of para-hydroxylation sites is 1. The molecule has 0 atom stereocenters. The number of nitrogens with one attached hydrogen (secondary N) is 1. The Kier molecular flexibility index (Phi) is 3.92. The quantitative estimate of drug-likeness (QED) is 0.737. The van der Waals surface area contributed by atoms with E-state index in [9.17, 15) is 17.6 Å². The Morgan fingerprint density at radius 3 is 2.42 bits per heavy atom. The second-order valence-corrected chi connectivity index (χ2v) is 4.93. The molecule has 24 heavy (non-hydrogen) atoms. The molecule has 0 unspecified atom stereocenters. The maximum Gasteiger partial charge on any atom is 0.435 e. The minimum atomic E-state index is -4.54. The molecule has 0 spiro atoms. The Bertz CT molecular complexity index is 855. The van der Waals surface area contributed by atoms with Gasteiger partial charge in [-0.3, -0.25) is 0 Å². The highest BCUT2D eigenvalue weighted by molar-refractivity contribution is 5.58. The average molecular weight is 337 g/mol. The van der Waals surface area contributed by atoms with Gasteiger partial charge in [-0.2, -0.15) is 18.3 Å². The monoisotopic (exact) mass is 337 g/mol. The van der Waals surface area contributed by atoms with Crippen molar-refractivity contribution >= 4 is 11.5 Å². The molecule has 1 aromatic carbocycles. The lowest BCUT2D eigenvalue weighted by Gasteiger charge is -2.08. The SMILES string of the molecule is Cc1c(Nc2ccc(C(F)(F)F)nn2)cnn1-c1ccccc1F. The highest BCUT2D eigenvalue weighted by atomic mass is 19.4. The zero-order valence-electron chi connectivity index (χ0n) is 12.3. The van der Waals surface area contributed by atoms with E-state index in [4.69, 9.17) is 0 Å². The van der Waals surface area contributed by atoms with Crippen LogP contribution >= 0.6 is 0 Å². The van der Waals surface area contributed by atoms with Crippen LogP contribution in [0.25, 0.3) is 5.69 Å². The number of anilines is 2. The Morgan fingerprint density at radius 2 is 1.79 bits per heavy atom. The molecule has 0 aliphatic rings. The van der Waals surface area contributed by atoms with Gasteiger partial charge in [-0.15, -0.1) is 10.2 Å². The van der Waals surface area contributed by atoms with Crippen molar-refractivity contribution in [3.63, 3.8) is 0 Å². The van der Waals surface area contributed by atoms with Crippen molar-refractivity contribution in [3.05, 3.63) is 59.8 Å². The molecule has 3 aromatic rings. The van der Waals surface area contributed by atoms with Gasteiger partial charge in [-0.05, 0) is 31.2 Å². The first-order valence-corrected chi connectivity index (χ1v) is 6.84. The standard InChI is InChI=1S/C15H11F4N5/c1-9-11(8-20-24(9)12-5-3-2-4-10(12)16)21-14-7-6-13(22-23-14)15(17,18)19/h2-8H,1H3,(H,21,23). The molecule has 9 heteroatoms. The van der Waals surface area contributed by atoms with E-state index >= 15 is 0 Å². The van der Waals surface area contributed by atoms with E-state index in [0.717, 1.165) is 12.1 Å². The number of halogens is 4. The van der Waals surface area contributed by atoms with Gasteiger partial charge in [0.25, 0.3) is 0 Å². The normalized spacial score (nSPS) is 11.5. The van der Waals surface area contributed by atoms with Gasteiger partial charge in [0.05, 0.1) is 17.6 Å². The van der Waals surface area contributed by atoms with Gasteiger partial charge < -0.3 is 5.32 Å². The number of aromatic nitrogens is 4. The van der Waals surface area contributed by atoms with Crippen LogP contribution in [0.5, 0.6) is 0 Å². The van der Waals surface area contributed by atoms with Crippen LogP contribution in [-0.2, 0) is 6.18 Å². The lowest BCUT2D eigenvalue weighted by atomic mass is 10.3. The van der Waals surface area contributed by atoms with Crippen molar-refractivity contribution in [1.82, 2.24) is 20.0 Å². The van der Waals surface area contributed by atoms with Crippen LogP contribution in [0.4, 0.5) is 29.1 Å². The fourth-order valence-electron chi connectivity index (χ4n) is 2.09. The van der Waals surface area contributed by atoms with Gasteiger partial charge >= 0.3 is 6.18 Å². The Morgan fingerprint density at radius 1 is 1.04 bits per heavy atom. The molecule has 2 aromatic heterocycles. The van der Waals surface area contributed by atoms with Gasteiger partial charge in [-0.25, -0.2) is 9.07 Å². The van der Waals surface area contributed by atoms with E-state index in [2.05, 4.69) is 20.6 Å². The summed E-state index contributed by atoms with van der Waals surface area (Å²) in [6.45, 7) is 1.69. The summed E-state index contributed by atoms with van der Waals surface area (Å²) in [6, 6.07) is 8.10. The number of hydrogen-bond donors (Lipinski definition) is 1. The summed E-state index contributed by atoms with van der Waals surface area (Å²) >= 11 is 0. The first-order chi connectivity index (χ1) is 11.4. The fraction of sp³-hybridized carbons (Fsp3) is 0.133. The molecular weight excluding hydrogens is 326 g/mol. The summed E-state index contributed by atoms with van der Waals surface area (Å²) in [7, 11) is 0. The van der Waals surface area contributed by atoms with Crippen molar-refractivity contribution < 1.29 is 17.6 Å². The molecule has 124 valence electrons. The molecule has 3 rings (SSSR count). The third-order valence-corrected chi connectivity index (χ3v) is 3.31. The summed E-state index contributed by atoms with van der Waals surface area (Å²) in [5.41, 5.74) is 0.238. The predicted octanol–water partition coefficient (Wildman–Crippen LogP) is 3.87. The summed E-state index contributed by atoms with van der Waals surface area (Å²) < 4.78 is 52.6. The second kappa shape index (κ2) is 5.91. The molecule has 0 bridgehead atoms. The van der Waals surface area contributed by atoms with Gasteiger partial charge in [0, 0.05) is 0 Å². The van der Waals surface area contributed by atoms with Crippen LogP contribution in [-0.4, -0.2) is 20.0 Å². The molecule has 0 fully saturated rings. The Labute approximate surface area is 134 Å². The van der Waals surface area contributed by atoms with Crippen LogP contribution < -0.4 is 5.32 Å². The maximum atomic E-state index is 13.8. The second-order valence-electron chi connectivity index (χ2n) is 4.93. The van der Waals surface area contributed by atoms with Gasteiger partial charge in [0.1, 0.15) is 11.5 Å². The molecule has 0 saturated carbocycles. The maximum absolute atomic E-state index is 13.8. The van der Waals surface area contributed by atoms with Crippen LogP contribution in [0, 0.1) is 12.7 Å². The molecule has 0 aliphatic heterocycles. The number of alkyl halides is 3. The lowest BCUT2D eigenvalue weighted by molar-refractivity contribution is -0.141. The van der Waals surface area contributed by atoms with Crippen molar-refractivity contribution in [2.24, 2.45) is 0 Å². The Hall–Kier alpha value is -2.97. The van der Waals surface area contributed by atoms with Crippen molar-refractivity contribution in [1.29, 1.82) is 0 Å². The van der Waals surface area contributed by atoms with E-state index in [-0.39, 0.29) is 11.5 Å². The zero-order valence-corrected chi connectivity index (χ0v) is 12.3. The summed E-state index contributed by atoms with van der Waals surface area (Å²) in [5.74, 6) is -0.316. The van der Waals surface area contributed by atoms with Crippen molar-refractivity contribution in [2.75, 3.05) is 5.32 Å². The summed E-state index contributed by atoms with van der Waals surface area (Å²) in [4.78, 5) is 0. The van der Waals surface area contributed by atoms with Crippen LogP contribution in [0.1, 0.15) is 11.4 Å². The largest absolute Gasteiger partial charge is 0.435 e. The number of nitrogens with zero attached hydrogens (tertiary/aromatic N) is 4. The van der Waals surface area contributed by atoms with E-state index < -0.39 is 17.7 Å². The highest BCUT2D eigenvalue weighted by Crippen LogP contribution is 2.28. The Balaban J connectivity index is 1.86. The van der Waals surface area contributed by atoms with E-state index in [1.54, 1.807) is 25.1 Å². The number of benzene rings is 1. The third kappa shape index (κ3) is 3.05. The molecule has 1 N–H and O–H groups in total. The fourth-order valence-corrected chi connectivity index (χ4v) is 2.09. The van der Waals surface area contributed by atoms with E-state index in [1.807, 2.05) is 0 Å². The molecule has 2 heterocycles. The topological polar surface area (TPSA) is 55.6 Å². The van der Waals surface area contributed by atoms with Crippen molar-refractivity contribution in [2.45, 2.75) is 13.1 Å². The van der Waals surface area contributed by atoms with Crippen LogP contribution in [0.15, 0.2) is 42.6 Å². The number of hydrogen-bond acceptors (Lipinski definition) is 4. The van der Waals surface area contributed by atoms with Crippen LogP contribution in [0.2, 0.25) is 0 Å². The van der Waals surface area contributed by atoms with Crippen LogP contribution in [0.3, 0.4) is 0 Å². The molecule has 0 aliphatic carbocycles. The average Bonchev–Trinajstić information content (AvgIpc) is 2.88. The lowest BCUT2D eigenvalue weighted by Crippen LogP contribution is -2.09. The smallest absolute Gasteiger partial charge is 0.336 e. The van der Waals surface area contributed by atoms with E-state index in [1.165, 1.54) is 16.9 Å². The third-order valence-electron chi connectivity index (χ3n) is 3.31. The van der Waals surface area contributed by atoms with Crippen molar-refractivity contribution in [3.8, 4) is 5.69 Å². The highest BCUT2D eigenvalue weighted by Gasteiger charge is 2.32. The van der Waals surface area contributed by atoms with Gasteiger partial charge in [0.2, 0.25) is 0 Å².